The average Bonchev–Trinajstić information content (AvgIpc) is 2.94. The minimum Gasteiger partial charge on any atom is -0.399 e. The van der Waals surface area contributed by atoms with Gasteiger partial charge in [0.25, 0.3) is 0 Å². The van der Waals surface area contributed by atoms with Gasteiger partial charge in [0, 0.05) is 12.7 Å². The van der Waals surface area contributed by atoms with Crippen molar-refractivity contribution < 1.29 is 9.34 Å². The number of rotatable bonds is 3. The highest BCUT2D eigenvalue weighted by molar-refractivity contribution is 5.61. The van der Waals surface area contributed by atoms with E-state index in [2.05, 4.69) is 5.10 Å². The third-order valence-corrected chi connectivity index (χ3v) is 2.21. The van der Waals surface area contributed by atoms with E-state index in [1.807, 2.05) is 13.0 Å². The second-order valence-electron chi connectivity index (χ2n) is 3.25. The van der Waals surface area contributed by atoms with Gasteiger partial charge in [0.05, 0.1) is 6.07 Å². The molecule has 0 saturated carbocycles. The summed E-state index contributed by atoms with van der Waals surface area (Å²) in [5.74, 6) is -0.143. The largest absolute Gasteiger partial charge is 0.433 e. The minimum atomic E-state index is -0.633. The Balaban J connectivity index is 2.48. The molecular weight excluding hydrogens is 224 g/mol. The van der Waals surface area contributed by atoms with Crippen LogP contribution < -0.4 is 0 Å². The second kappa shape index (κ2) is 4.09. The Hall–Kier alpha value is -2.62. The lowest BCUT2D eigenvalue weighted by Gasteiger charge is -1.91. The molecule has 0 spiro atoms. The molecule has 0 amide bonds. The molecule has 2 rings (SSSR count). The van der Waals surface area contributed by atoms with Crippen molar-refractivity contribution >= 4 is 5.88 Å². The van der Waals surface area contributed by atoms with Gasteiger partial charge in [-0.05, 0) is 13.0 Å². The molecule has 86 valence electrons. The summed E-state index contributed by atoms with van der Waals surface area (Å²) < 4.78 is 6.58. The van der Waals surface area contributed by atoms with Crippen molar-refractivity contribution in [3.05, 3.63) is 34.0 Å². The monoisotopic (exact) mass is 232 g/mol. The fourth-order valence-electron chi connectivity index (χ4n) is 1.40. The van der Waals surface area contributed by atoms with Crippen LogP contribution in [0.1, 0.15) is 12.5 Å². The number of nitrogens with zero attached hydrogens (tertiary/aromatic N) is 4. The molecule has 0 unspecified atom stereocenters. The van der Waals surface area contributed by atoms with Crippen LogP contribution in [0.2, 0.25) is 0 Å². The lowest BCUT2D eigenvalue weighted by atomic mass is 10.2. The maximum atomic E-state index is 10.5. The zero-order valence-electron chi connectivity index (χ0n) is 8.95. The fourth-order valence-corrected chi connectivity index (χ4v) is 1.40. The van der Waals surface area contributed by atoms with Gasteiger partial charge in [0.2, 0.25) is 0 Å². The number of hydrogen-bond acceptors (Lipinski definition) is 5. The molecule has 7 heteroatoms. The summed E-state index contributed by atoms with van der Waals surface area (Å²) >= 11 is 0. The Kier molecular flexibility index (Phi) is 2.62. The summed E-state index contributed by atoms with van der Waals surface area (Å²) in [6.07, 6.45) is 1.57. The summed E-state index contributed by atoms with van der Waals surface area (Å²) in [4.78, 5) is 9.85. The van der Waals surface area contributed by atoms with Gasteiger partial charge in [-0.2, -0.15) is 10.4 Å². The zero-order chi connectivity index (χ0) is 12.4. The van der Waals surface area contributed by atoms with E-state index in [4.69, 9.17) is 9.68 Å². The number of hydrogen-bond donors (Lipinski definition) is 0. The third-order valence-electron chi connectivity index (χ3n) is 2.21. The van der Waals surface area contributed by atoms with Gasteiger partial charge >= 0.3 is 5.88 Å². The molecule has 0 N–H and O–H groups in total. The summed E-state index contributed by atoms with van der Waals surface area (Å²) in [6, 6.07) is 4.64. The van der Waals surface area contributed by atoms with Crippen molar-refractivity contribution in [3.63, 3.8) is 0 Å². The van der Waals surface area contributed by atoms with Gasteiger partial charge < -0.3 is 4.42 Å². The molecule has 0 fully saturated rings. The van der Waals surface area contributed by atoms with Crippen LogP contribution in [0.3, 0.4) is 0 Å². The molecule has 0 atom stereocenters. The van der Waals surface area contributed by atoms with Crippen molar-refractivity contribution in [1.29, 1.82) is 5.26 Å². The molecule has 2 heterocycles. The maximum Gasteiger partial charge on any atom is 0.433 e. The van der Waals surface area contributed by atoms with Gasteiger partial charge in [-0.25, -0.2) is 0 Å². The van der Waals surface area contributed by atoms with Crippen LogP contribution >= 0.6 is 0 Å². The van der Waals surface area contributed by atoms with Crippen molar-refractivity contribution in [2.24, 2.45) is 0 Å². The SMILES string of the molecule is CCn1cc(C#N)c(-c2ccc([N+](=O)[O-])o2)n1. The minimum absolute atomic E-state index is 0.223. The summed E-state index contributed by atoms with van der Waals surface area (Å²) in [5.41, 5.74) is 0.651. The average molecular weight is 232 g/mol. The number of nitro groups is 1. The van der Waals surface area contributed by atoms with Gasteiger partial charge in [0.1, 0.15) is 22.2 Å². The van der Waals surface area contributed by atoms with Crippen molar-refractivity contribution in [2.75, 3.05) is 0 Å². The summed E-state index contributed by atoms with van der Waals surface area (Å²) in [5, 5.41) is 23.5. The van der Waals surface area contributed by atoms with Crippen LogP contribution in [0.15, 0.2) is 22.7 Å². The molecular formula is C10H8N4O3. The number of aromatic nitrogens is 2. The maximum absolute atomic E-state index is 10.5. The standard InChI is InChI=1S/C10H8N4O3/c1-2-13-6-7(5-11)10(12-13)8-3-4-9(17-8)14(15)16/h3-4,6H,2H2,1H3. The highest BCUT2D eigenvalue weighted by atomic mass is 16.6. The molecule has 0 bridgehead atoms. The fraction of sp³-hybridized carbons (Fsp3) is 0.200. The first kappa shape index (κ1) is 10.9. The number of nitriles is 1. The molecule has 0 aliphatic rings. The molecule has 0 saturated heterocycles. The third kappa shape index (κ3) is 1.88. The Bertz CT molecular complexity index is 605. The van der Waals surface area contributed by atoms with Crippen molar-refractivity contribution in [1.82, 2.24) is 9.78 Å². The first-order valence-electron chi connectivity index (χ1n) is 4.88. The predicted octanol–water partition coefficient (Wildman–Crippen LogP) is 1.94. The Morgan fingerprint density at radius 2 is 2.41 bits per heavy atom. The van der Waals surface area contributed by atoms with E-state index in [0.717, 1.165) is 0 Å². The molecule has 0 radical (unpaired) electrons. The molecule has 2 aromatic rings. The topological polar surface area (TPSA) is 97.9 Å². The smallest absolute Gasteiger partial charge is 0.399 e. The van der Waals surface area contributed by atoms with Gasteiger partial charge in [-0.15, -0.1) is 0 Å². The van der Waals surface area contributed by atoms with Crippen LogP contribution in [0, 0.1) is 21.4 Å². The van der Waals surface area contributed by atoms with E-state index in [0.29, 0.717) is 17.8 Å². The van der Waals surface area contributed by atoms with Gasteiger partial charge in [0.15, 0.2) is 5.76 Å². The van der Waals surface area contributed by atoms with Crippen molar-refractivity contribution in [3.8, 4) is 17.5 Å². The lowest BCUT2D eigenvalue weighted by molar-refractivity contribution is -0.401. The normalized spacial score (nSPS) is 10.1. The van der Waals surface area contributed by atoms with E-state index in [1.54, 1.807) is 10.9 Å². The molecule has 0 aliphatic heterocycles. The van der Waals surface area contributed by atoms with E-state index in [-0.39, 0.29) is 11.6 Å². The zero-order valence-corrected chi connectivity index (χ0v) is 8.95. The van der Waals surface area contributed by atoms with Crippen LogP contribution in [0.25, 0.3) is 11.5 Å². The highest BCUT2D eigenvalue weighted by Crippen LogP contribution is 2.27. The Labute approximate surface area is 96.0 Å². The highest BCUT2D eigenvalue weighted by Gasteiger charge is 2.18. The van der Waals surface area contributed by atoms with Crippen LogP contribution in [-0.4, -0.2) is 14.7 Å². The second-order valence-corrected chi connectivity index (χ2v) is 3.25. The molecule has 7 nitrogen and oxygen atoms in total. The van der Waals surface area contributed by atoms with Gasteiger partial charge in [-0.1, -0.05) is 0 Å². The number of aryl methyl sites for hydroxylation is 1. The predicted molar refractivity (Wildman–Crippen MR) is 57.0 cm³/mol. The molecule has 0 aromatic carbocycles. The van der Waals surface area contributed by atoms with Gasteiger partial charge in [-0.3, -0.25) is 14.8 Å². The van der Waals surface area contributed by atoms with Crippen LogP contribution in [0.4, 0.5) is 5.88 Å². The van der Waals surface area contributed by atoms with Crippen LogP contribution in [0.5, 0.6) is 0 Å². The Morgan fingerprint density at radius 1 is 1.65 bits per heavy atom. The first-order chi connectivity index (χ1) is 8.15. The van der Waals surface area contributed by atoms with E-state index < -0.39 is 4.92 Å². The molecule has 2 aromatic heterocycles. The summed E-state index contributed by atoms with van der Waals surface area (Å²) in [6.45, 7) is 2.49. The van der Waals surface area contributed by atoms with Crippen LogP contribution in [-0.2, 0) is 6.54 Å². The quantitative estimate of drug-likeness (QED) is 0.594. The Morgan fingerprint density at radius 3 is 2.94 bits per heavy atom. The molecule has 0 aliphatic carbocycles. The lowest BCUT2D eigenvalue weighted by Crippen LogP contribution is -1.93. The van der Waals surface area contributed by atoms with E-state index in [9.17, 15) is 10.1 Å². The summed E-state index contributed by atoms with van der Waals surface area (Å²) in [7, 11) is 0. The number of furan rings is 1. The first-order valence-corrected chi connectivity index (χ1v) is 4.88. The van der Waals surface area contributed by atoms with E-state index >= 15 is 0 Å². The molecule has 17 heavy (non-hydrogen) atoms. The van der Waals surface area contributed by atoms with Crippen molar-refractivity contribution in [2.45, 2.75) is 13.5 Å². The van der Waals surface area contributed by atoms with E-state index in [1.165, 1.54) is 12.1 Å².